The van der Waals surface area contributed by atoms with Crippen LogP contribution in [0.1, 0.15) is 23.7 Å². The van der Waals surface area contributed by atoms with Crippen LogP contribution in [0.3, 0.4) is 0 Å². The van der Waals surface area contributed by atoms with Crippen LogP contribution in [0.4, 0.5) is 0 Å². The van der Waals surface area contributed by atoms with Crippen molar-refractivity contribution >= 4 is 55.0 Å². The smallest absolute Gasteiger partial charge is 0.255 e. The van der Waals surface area contributed by atoms with Crippen molar-refractivity contribution in [2.24, 2.45) is 5.73 Å². The number of benzene rings is 1. The molecule has 2 N–H and O–H groups in total. The fraction of sp³-hybridized carbons (Fsp3) is 0.333. The molecule has 1 rings (SSSR count). The minimum absolute atomic E-state index is 0.0203. The number of thiocarbonyl (C=S) groups is 1. The number of rotatable bonds is 5. The highest BCUT2D eigenvalue weighted by Crippen LogP contribution is 2.23. The maximum atomic E-state index is 12.3. The van der Waals surface area contributed by atoms with Gasteiger partial charge >= 0.3 is 0 Å². The van der Waals surface area contributed by atoms with Gasteiger partial charge in [0.15, 0.2) is 0 Å². The van der Waals surface area contributed by atoms with Crippen LogP contribution in [-0.4, -0.2) is 28.9 Å². The summed E-state index contributed by atoms with van der Waals surface area (Å²) in [5.41, 5.74) is 6.10. The van der Waals surface area contributed by atoms with Gasteiger partial charge in [-0.1, -0.05) is 28.1 Å². The summed E-state index contributed by atoms with van der Waals surface area (Å²) in [7, 11) is 0. The monoisotopic (exact) mass is 392 g/mol. The van der Waals surface area contributed by atoms with Gasteiger partial charge in [0, 0.05) is 28.5 Å². The summed E-state index contributed by atoms with van der Waals surface area (Å²) in [4.78, 5) is 14.5. The van der Waals surface area contributed by atoms with Gasteiger partial charge in [0.1, 0.15) is 0 Å². The van der Waals surface area contributed by atoms with Crippen LogP contribution in [0.25, 0.3) is 0 Å². The molecule has 0 heterocycles. The van der Waals surface area contributed by atoms with E-state index in [9.17, 15) is 4.79 Å². The molecule has 0 aliphatic rings. The number of carbonyl (C=O) groups is 1. The third-order valence-electron chi connectivity index (χ3n) is 2.46. The van der Waals surface area contributed by atoms with Crippen LogP contribution in [-0.2, 0) is 0 Å². The molecule has 0 aliphatic heterocycles. The summed E-state index contributed by atoms with van der Waals surface area (Å²) in [5, 5.41) is 0. The lowest BCUT2D eigenvalue weighted by Gasteiger charge is -2.21. The van der Waals surface area contributed by atoms with Crippen molar-refractivity contribution < 1.29 is 4.79 Å². The predicted octanol–water partition coefficient (Wildman–Crippen LogP) is 3.35. The molecule has 18 heavy (non-hydrogen) atoms. The molecule has 0 saturated heterocycles. The molecule has 0 aliphatic carbocycles. The number of hydrogen-bond acceptors (Lipinski definition) is 2. The lowest BCUT2D eigenvalue weighted by atomic mass is 10.2. The molecule has 0 atom stereocenters. The minimum Gasteiger partial charge on any atom is -0.393 e. The third-order valence-corrected chi connectivity index (χ3v) is 3.81. The van der Waals surface area contributed by atoms with Crippen molar-refractivity contribution in [1.29, 1.82) is 0 Å². The third kappa shape index (κ3) is 4.33. The van der Waals surface area contributed by atoms with Gasteiger partial charge in [-0.05, 0) is 41.1 Å². The van der Waals surface area contributed by atoms with E-state index in [2.05, 4.69) is 31.9 Å². The van der Waals surface area contributed by atoms with E-state index in [0.717, 1.165) is 8.95 Å². The van der Waals surface area contributed by atoms with Gasteiger partial charge in [-0.2, -0.15) is 0 Å². The van der Waals surface area contributed by atoms with E-state index >= 15 is 0 Å². The van der Waals surface area contributed by atoms with Crippen molar-refractivity contribution in [1.82, 2.24) is 4.90 Å². The molecule has 98 valence electrons. The first-order chi connectivity index (χ1) is 8.45. The van der Waals surface area contributed by atoms with Gasteiger partial charge in [-0.3, -0.25) is 4.79 Å². The average Bonchev–Trinajstić information content (AvgIpc) is 2.29. The zero-order valence-electron chi connectivity index (χ0n) is 9.95. The van der Waals surface area contributed by atoms with Crippen LogP contribution in [0.2, 0.25) is 0 Å². The van der Waals surface area contributed by atoms with Crippen LogP contribution < -0.4 is 5.73 Å². The molecular formula is C12H14Br2N2OS. The molecule has 0 bridgehead atoms. The van der Waals surface area contributed by atoms with E-state index in [-0.39, 0.29) is 5.91 Å². The van der Waals surface area contributed by atoms with Crippen LogP contribution in [0.15, 0.2) is 27.1 Å². The fourth-order valence-electron chi connectivity index (χ4n) is 1.48. The summed E-state index contributed by atoms with van der Waals surface area (Å²) in [6.07, 6.45) is 0.545. The van der Waals surface area contributed by atoms with Gasteiger partial charge in [-0.25, -0.2) is 0 Å². The molecule has 3 nitrogen and oxygen atoms in total. The van der Waals surface area contributed by atoms with Gasteiger partial charge in [0.25, 0.3) is 5.91 Å². The average molecular weight is 394 g/mol. The maximum Gasteiger partial charge on any atom is 0.255 e. The Morgan fingerprint density at radius 2 is 2.11 bits per heavy atom. The number of nitrogens with two attached hydrogens (primary N) is 1. The lowest BCUT2D eigenvalue weighted by molar-refractivity contribution is 0.0768. The van der Waals surface area contributed by atoms with Crippen molar-refractivity contribution in [3.8, 4) is 0 Å². The molecular weight excluding hydrogens is 380 g/mol. The second-order valence-electron chi connectivity index (χ2n) is 3.73. The van der Waals surface area contributed by atoms with E-state index in [1.54, 1.807) is 11.0 Å². The quantitative estimate of drug-likeness (QED) is 0.780. The molecule has 6 heteroatoms. The number of amides is 1. The summed E-state index contributed by atoms with van der Waals surface area (Å²) in [6, 6.07) is 5.49. The topological polar surface area (TPSA) is 46.3 Å². The molecule has 0 fully saturated rings. The first kappa shape index (κ1) is 15.6. The molecule has 0 saturated carbocycles. The first-order valence-corrected chi connectivity index (χ1v) is 7.47. The Labute approximate surface area is 129 Å². The summed E-state index contributed by atoms with van der Waals surface area (Å²) < 4.78 is 1.70. The van der Waals surface area contributed by atoms with E-state index < -0.39 is 0 Å². The van der Waals surface area contributed by atoms with Crippen molar-refractivity contribution in [3.05, 3.63) is 32.7 Å². The zero-order valence-corrected chi connectivity index (χ0v) is 13.9. The molecule has 1 amide bonds. The van der Waals surface area contributed by atoms with Crippen molar-refractivity contribution in [2.75, 3.05) is 13.1 Å². The molecule has 0 radical (unpaired) electrons. The van der Waals surface area contributed by atoms with Gasteiger partial charge in [0.2, 0.25) is 0 Å². The predicted molar refractivity (Wildman–Crippen MR) is 84.8 cm³/mol. The highest BCUT2D eigenvalue weighted by Gasteiger charge is 2.16. The molecule has 0 aromatic heterocycles. The number of halogens is 2. The van der Waals surface area contributed by atoms with Gasteiger partial charge in [0.05, 0.1) is 10.6 Å². The summed E-state index contributed by atoms with van der Waals surface area (Å²) >= 11 is 11.6. The number of hydrogen-bond donors (Lipinski definition) is 1. The SMILES string of the molecule is CCN(CCC(N)=S)C(=O)c1ccc(Br)cc1Br. The fourth-order valence-corrected chi connectivity index (χ4v) is 2.79. The van der Waals surface area contributed by atoms with Crippen LogP contribution in [0.5, 0.6) is 0 Å². The van der Waals surface area contributed by atoms with Crippen molar-refractivity contribution in [3.63, 3.8) is 0 Å². The van der Waals surface area contributed by atoms with Gasteiger partial charge in [-0.15, -0.1) is 0 Å². The zero-order chi connectivity index (χ0) is 13.7. The standard InChI is InChI=1S/C12H14Br2N2OS/c1-2-16(6-5-11(15)18)12(17)9-4-3-8(13)7-10(9)14/h3-4,7H,2,5-6H2,1H3,(H2,15,18). The second-order valence-corrected chi connectivity index (χ2v) is 6.02. The lowest BCUT2D eigenvalue weighted by Crippen LogP contribution is -2.33. The normalized spacial score (nSPS) is 10.2. The number of carbonyl (C=O) groups excluding carboxylic acids is 1. The Morgan fingerprint density at radius 1 is 1.44 bits per heavy atom. The summed E-state index contributed by atoms with van der Waals surface area (Å²) in [6.45, 7) is 3.11. The minimum atomic E-state index is -0.0203. The Bertz CT molecular complexity index is 465. The van der Waals surface area contributed by atoms with E-state index in [4.69, 9.17) is 18.0 Å². The molecule has 1 aromatic rings. The largest absolute Gasteiger partial charge is 0.393 e. The molecule has 1 aromatic carbocycles. The Balaban J connectivity index is 2.86. The second kappa shape index (κ2) is 7.21. The number of nitrogens with zero attached hydrogens (tertiary/aromatic N) is 1. The highest BCUT2D eigenvalue weighted by atomic mass is 79.9. The summed E-state index contributed by atoms with van der Waals surface area (Å²) in [5.74, 6) is -0.0203. The van der Waals surface area contributed by atoms with E-state index in [0.29, 0.717) is 30.1 Å². The highest BCUT2D eigenvalue weighted by molar-refractivity contribution is 9.11. The molecule has 0 spiro atoms. The van der Waals surface area contributed by atoms with Crippen LogP contribution >= 0.6 is 44.1 Å². The van der Waals surface area contributed by atoms with Crippen molar-refractivity contribution in [2.45, 2.75) is 13.3 Å². The maximum absolute atomic E-state index is 12.3. The van der Waals surface area contributed by atoms with E-state index in [1.165, 1.54) is 0 Å². The van der Waals surface area contributed by atoms with Gasteiger partial charge < -0.3 is 10.6 Å². The Kier molecular flexibility index (Phi) is 6.25. The van der Waals surface area contributed by atoms with Crippen LogP contribution in [0, 0.1) is 0 Å². The van der Waals surface area contributed by atoms with E-state index in [1.807, 2.05) is 19.1 Å². The Hall–Kier alpha value is -0.460. The Morgan fingerprint density at radius 3 is 2.61 bits per heavy atom. The first-order valence-electron chi connectivity index (χ1n) is 5.48. The molecule has 0 unspecified atom stereocenters.